The van der Waals surface area contributed by atoms with E-state index in [0.717, 1.165) is 77.0 Å². The van der Waals surface area contributed by atoms with Crippen LogP contribution in [0.1, 0.15) is 168 Å². The Kier molecular flexibility index (Phi) is 39.7. The fraction of sp³-hybridized carbons (Fsp3) is 0.667. The Balaban J connectivity index is 3.55. The van der Waals surface area contributed by atoms with E-state index in [1.807, 2.05) is 0 Å². The summed E-state index contributed by atoms with van der Waals surface area (Å²) < 4.78 is 11.1. The van der Waals surface area contributed by atoms with Crippen molar-refractivity contribution in [2.24, 2.45) is 0 Å². The molecule has 0 saturated heterocycles. The summed E-state index contributed by atoms with van der Waals surface area (Å²) in [6.07, 6.45) is 57.7. The fourth-order valence-corrected chi connectivity index (χ4v) is 5.21. The number of aliphatic hydroxyl groups excluding tert-OH is 1. The van der Waals surface area contributed by atoms with Crippen LogP contribution < -0.4 is 0 Å². The molecule has 0 spiro atoms. The van der Waals surface area contributed by atoms with Crippen LogP contribution in [-0.4, -0.2) is 37.0 Å². The van der Waals surface area contributed by atoms with E-state index in [1.54, 1.807) is 0 Å². The topological polar surface area (TPSA) is 55.8 Å². The van der Waals surface area contributed by atoms with Gasteiger partial charge in [-0.15, -0.1) is 0 Å². The molecule has 0 aromatic carbocycles. The van der Waals surface area contributed by atoms with Crippen LogP contribution in [0.5, 0.6) is 0 Å². The summed E-state index contributed by atoms with van der Waals surface area (Å²) in [6, 6.07) is 0. The van der Waals surface area contributed by atoms with Crippen molar-refractivity contribution in [3.05, 3.63) is 85.1 Å². The number of esters is 1. The molecular formula is C45H76O4. The predicted octanol–water partition coefficient (Wildman–Crippen LogP) is 13.2. The molecule has 0 rings (SSSR count). The number of aliphatic hydroxyl groups is 1. The van der Waals surface area contributed by atoms with Gasteiger partial charge in [-0.3, -0.25) is 4.79 Å². The van der Waals surface area contributed by atoms with Gasteiger partial charge < -0.3 is 14.6 Å². The molecule has 1 atom stereocenters. The van der Waals surface area contributed by atoms with Crippen molar-refractivity contribution in [1.29, 1.82) is 0 Å². The van der Waals surface area contributed by atoms with Crippen molar-refractivity contribution in [1.82, 2.24) is 0 Å². The molecule has 0 heterocycles. The Bertz CT molecular complexity index is 892. The number of ether oxygens (including phenoxy) is 2. The van der Waals surface area contributed by atoms with Gasteiger partial charge in [-0.05, 0) is 89.9 Å². The molecule has 0 aromatic heterocycles. The molecule has 280 valence electrons. The quantitative estimate of drug-likeness (QED) is 0.0406. The maximum atomic E-state index is 12.2. The van der Waals surface area contributed by atoms with E-state index in [9.17, 15) is 9.90 Å². The Labute approximate surface area is 303 Å². The van der Waals surface area contributed by atoms with E-state index in [4.69, 9.17) is 9.47 Å². The molecular weight excluding hydrogens is 604 g/mol. The maximum absolute atomic E-state index is 12.2. The predicted molar refractivity (Wildman–Crippen MR) is 214 cm³/mol. The van der Waals surface area contributed by atoms with Crippen LogP contribution in [-0.2, 0) is 14.3 Å². The van der Waals surface area contributed by atoms with E-state index >= 15 is 0 Å². The third kappa shape index (κ3) is 39.9. The highest BCUT2D eigenvalue weighted by Crippen LogP contribution is 2.11. The molecule has 1 N–H and O–H groups in total. The van der Waals surface area contributed by atoms with Crippen molar-refractivity contribution in [3.63, 3.8) is 0 Å². The normalized spacial score (nSPS) is 13.3. The number of carbonyl (C=O) groups is 1. The van der Waals surface area contributed by atoms with Crippen molar-refractivity contribution >= 4 is 5.97 Å². The molecule has 0 amide bonds. The van der Waals surface area contributed by atoms with Gasteiger partial charge in [0.2, 0.25) is 0 Å². The van der Waals surface area contributed by atoms with Crippen LogP contribution in [0.3, 0.4) is 0 Å². The standard InChI is InChI=1S/C45H76O4/c1-3-5-7-9-11-13-15-17-19-21-22-23-24-25-26-28-30-32-34-36-38-40-45(47)49-44(42-46)43-48-41-39-37-35-33-31-29-27-20-18-16-14-12-10-8-6-4-2/h5,7,11-14,17-20,22-23,25-26,44,46H,3-4,6,8-10,15-16,21,24,27-43H2,1-2H3/b7-5-,13-11-,14-12-,19-17-,20-18-,23-22-,26-25-. The third-order valence-corrected chi connectivity index (χ3v) is 8.20. The first kappa shape index (κ1) is 46.6. The van der Waals surface area contributed by atoms with Crippen molar-refractivity contribution < 1.29 is 19.4 Å². The molecule has 0 bridgehead atoms. The highest BCUT2D eigenvalue weighted by molar-refractivity contribution is 5.69. The smallest absolute Gasteiger partial charge is 0.306 e. The molecule has 0 aliphatic rings. The number of carbonyl (C=O) groups excluding carboxylic acids is 1. The summed E-state index contributed by atoms with van der Waals surface area (Å²) >= 11 is 0. The highest BCUT2D eigenvalue weighted by Gasteiger charge is 2.13. The average Bonchev–Trinajstić information content (AvgIpc) is 3.11. The van der Waals surface area contributed by atoms with E-state index in [-0.39, 0.29) is 19.2 Å². The Morgan fingerprint density at radius 2 is 0.918 bits per heavy atom. The van der Waals surface area contributed by atoms with Crippen molar-refractivity contribution in [3.8, 4) is 0 Å². The molecule has 49 heavy (non-hydrogen) atoms. The minimum atomic E-state index is -0.555. The van der Waals surface area contributed by atoms with Crippen LogP contribution in [0, 0.1) is 0 Å². The maximum Gasteiger partial charge on any atom is 0.306 e. The Hall–Kier alpha value is -2.43. The zero-order valence-corrected chi connectivity index (χ0v) is 31.9. The molecule has 1 unspecified atom stereocenters. The van der Waals surface area contributed by atoms with Gasteiger partial charge in [0, 0.05) is 13.0 Å². The average molecular weight is 681 g/mol. The third-order valence-electron chi connectivity index (χ3n) is 8.20. The van der Waals surface area contributed by atoms with Gasteiger partial charge in [-0.2, -0.15) is 0 Å². The van der Waals surface area contributed by atoms with E-state index in [1.165, 1.54) is 70.6 Å². The van der Waals surface area contributed by atoms with Gasteiger partial charge in [0.15, 0.2) is 0 Å². The SMILES string of the molecule is CC/C=C\C/C=C\C/C=C\C/C=C\C/C=C\CCCCCCCC(=O)OC(CO)COCCCCCCCC/C=C\C/C=C\CCCCC. The Morgan fingerprint density at radius 1 is 0.510 bits per heavy atom. The molecule has 0 aliphatic heterocycles. The Morgan fingerprint density at radius 3 is 1.39 bits per heavy atom. The van der Waals surface area contributed by atoms with Crippen LogP contribution in [0.4, 0.5) is 0 Å². The molecule has 0 aromatic rings. The van der Waals surface area contributed by atoms with Gasteiger partial charge in [-0.25, -0.2) is 0 Å². The minimum absolute atomic E-state index is 0.189. The van der Waals surface area contributed by atoms with Crippen LogP contribution in [0.15, 0.2) is 85.1 Å². The first-order chi connectivity index (χ1) is 24.2. The second-order valence-electron chi connectivity index (χ2n) is 13.0. The van der Waals surface area contributed by atoms with Gasteiger partial charge in [0.25, 0.3) is 0 Å². The summed E-state index contributed by atoms with van der Waals surface area (Å²) in [5.41, 5.74) is 0. The monoisotopic (exact) mass is 681 g/mol. The zero-order valence-electron chi connectivity index (χ0n) is 31.9. The van der Waals surface area contributed by atoms with E-state index in [2.05, 4.69) is 98.9 Å². The van der Waals surface area contributed by atoms with Gasteiger partial charge in [0.05, 0.1) is 13.2 Å². The van der Waals surface area contributed by atoms with E-state index < -0.39 is 6.10 Å². The number of hydrogen-bond acceptors (Lipinski definition) is 4. The van der Waals surface area contributed by atoms with Gasteiger partial charge in [-0.1, -0.05) is 157 Å². The summed E-state index contributed by atoms with van der Waals surface area (Å²) in [5.74, 6) is -0.227. The lowest BCUT2D eigenvalue weighted by molar-refractivity contribution is -0.154. The molecule has 4 heteroatoms. The van der Waals surface area contributed by atoms with Gasteiger partial charge >= 0.3 is 5.97 Å². The zero-order chi connectivity index (χ0) is 35.6. The number of rotatable bonds is 36. The molecule has 4 nitrogen and oxygen atoms in total. The summed E-state index contributed by atoms with van der Waals surface area (Å²) in [4.78, 5) is 12.2. The first-order valence-electron chi connectivity index (χ1n) is 20.2. The number of hydrogen-bond donors (Lipinski definition) is 1. The van der Waals surface area contributed by atoms with Crippen LogP contribution in [0.2, 0.25) is 0 Å². The van der Waals surface area contributed by atoms with Crippen LogP contribution in [0.25, 0.3) is 0 Å². The highest BCUT2D eigenvalue weighted by atomic mass is 16.6. The van der Waals surface area contributed by atoms with Crippen molar-refractivity contribution in [2.45, 2.75) is 174 Å². The first-order valence-corrected chi connectivity index (χ1v) is 20.2. The lowest BCUT2D eigenvalue weighted by Gasteiger charge is -2.15. The largest absolute Gasteiger partial charge is 0.457 e. The summed E-state index contributed by atoms with van der Waals surface area (Å²) in [6.45, 7) is 5.15. The molecule has 0 fully saturated rings. The second-order valence-corrected chi connectivity index (χ2v) is 13.0. The number of unbranched alkanes of at least 4 members (excludes halogenated alkanes) is 14. The minimum Gasteiger partial charge on any atom is -0.457 e. The summed E-state index contributed by atoms with van der Waals surface area (Å²) in [5, 5.41) is 9.58. The lowest BCUT2D eigenvalue weighted by atomic mass is 10.1. The lowest BCUT2D eigenvalue weighted by Crippen LogP contribution is -2.27. The molecule has 0 radical (unpaired) electrons. The fourth-order valence-electron chi connectivity index (χ4n) is 5.21. The molecule has 0 aliphatic carbocycles. The molecule has 0 saturated carbocycles. The second kappa shape index (κ2) is 41.7. The van der Waals surface area contributed by atoms with Crippen LogP contribution >= 0.6 is 0 Å². The van der Waals surface area contributed by atoms with E-state index in [0.29, 0.717) is 13.0 Å². The number of allylic oxidation sites excluding steroid dienone is 14. The van der Waals surface area contributed by atoms with Gasteiger partial charge in [0.1, 0.15) is 6.10 Å². The van der Waals surface area contributed by atoms with Crippen molar-refractivity contribution in [2.75, 3.05) is 19.8 Å². The summed E-state index contributed by atoms with van der Waals surface area (Å²) in [7, 11) is 0.